The normalized spacial score (nSPS) is 11.0. The maximum Gasteiger partial charge on any atom is 0.272 e. The maximum atomic E-state index is 12.9. The summed E-state index contributed by atoms with van der Waals surface area (Å²) in [6.07, 6.45) is 0. The van der Waals surface area contributed by atoms with Crippen molar-refractivity contribution in [3.05, 3.63) is 61.8 Å². The van der Waals surface area contributed by atoms with Crippen molar-refractivity contribution < 1.29 is 4.79 Å². The van der Waals surface area contributed by atoms with E-state index in [1.807, 2.05) is 55.7 Å². The van der Waals surface area contributed by atoms with Gasteiger partial charge in [0, 0.05) is 31.7 Å². The van der Waals surface area contributed by atoms with Crippen molar-refractivity contribution in [2.45, 2.75) is 27.3 Å². The van der Waals surface area contributed by atoms with Crippen LogP contribution >= 0.6 is 34.2 Å². The summed E-state index contributed by atoms with van der Waals surface area (Å²) in [5, 5.41) is 4.75. The van der Waals surface area contributed by atoms with Gasteiger partial charge < -0.3 is 9.88 Å². The van der Waals surface area contributed by atoms with E-state index in [2.05, 4.69) is 34.0 Å². The van der Waals surface area contributed by atoms with E-state index in [0.29, 0.717) is 10.7 Å². The van der Waals surface area contributed by atoms with E-state index in [1.54, 1.807) is 0 Å². The number of amides is 1. The number of nitrogens with one attached hydrogen (secondary N) is 1. The van der Waals surface area contributed by atoms with Crippen molar-refractivity contribution in [1.29, 1.82) is 0 Å². The van der Waals surface area contributed by atoms with Gasteiger partial charge in [0.15, 0.2) is 0 Å². The van der Waals surface area contributed by atoms with Crippen molar-refractivity contribution in [3.63, 3.8) is 0 Å². The molecule has 0 aliphatic carbocycles. The summed E-state index contributed by atoms with van der Waals surface area (Å²) in [4.78, 5) is 12.9. The van der Waals surface area contributed by atoms with Crippen LogP contribution in [0.2, 0.25) is 5.02 Å². The smallest absolute Gasteiger partial charge is 0.272 e. The Kier molecular flexibility index (Phi) is 4.88. The van der Waals surface area contributed by atoms with E-state index in [0.717, 1.165) is 37.8 Å². The van der Waals surface area contributed by atoms with Gasteiger partial charge in [-0.15, -0.1) is 0 Å². The Labute approximate surface area is 160 Å². The second kappa shape index (κ2) is 6.76. The molecule has 0 radical (unpaired) electrons. The lowest BCUT2D eigenvalue weighted by Crippen LogP contribution is -2.18. The Hall–Kier alpha value is -1.53. The number of nitrogens with zero attached hydrogens (tertiary/aromatic N) is 1. The first-order valence-corrected chi connectivity index (χ1v) is 9.24. The molecule has 0 aliphatic heterocycles. The molecule has 3 rings (SSSR count). The molecule has 1 amide bonds. The average molecular weight is 453 g/mol. The summed E-state index contributed by atoms with van der Waals surface area (Å²) in [5.74, 6) is -0.0917. The molecule has 5 heteroatoms. The van der Waals surface area contributed by atoms with E-state index < -0.39 is 0 Å². The zero-order valence-corrected chi connectivity index (χ0v) is 16.7. The molecule has 1 aromatic heterocycles. The van der Waals surface area contributed by atoms with E-state index in [-0.39, 0.29) is 5.91 Å². The van der Waals surface area contributed by atoms with Gasteiger partial charge in [0.05, 0.1) is 0 Å². The van der Waals surface area contributed by atoms with Gasteiger partial charge >= 0.3 is 0 Å². The fourth-order valence-electron chi connectivity index (χ4n) is 3.06. The molecule has 2 aromatic carbocycles. The van der Waals surface area contributed by atoms with E-state index in [4.69, 9.17) is 11.6 Å². The molecule has 0 bridgehead atoms. The summed E-state index contributed by atoms with van der Waals surface area (Å²) < 4.78 is 3.19. The average Bonchev–Trinajstić information content (AvgIpc) is 2.82. The fraction of sp³-hybridized carbons (Fsp3) is 0.211. The Bertz CT molecular complexity index is 946. The van der Waals surface area contributed by atoms with Crippen LogP contribution in [0, 0.1) is 17.4 Å². The number of benzene rings is 2. The number of hydrogen-bond donors (Lipinski definition) is 1. The van der Waals surface area contributed by atoms with Crippen molar-refractivity contribution in [1.82, 2.24) is 4.57 Å². The van der Waals surface area contributed by atoms with Crippen LogP contribution in [0.1, 0.15) is 28.5 Å². The zero-order chi connectivity index (χ0) is 17.4. The maximum absolute atomic E-state index is 12.9. The number of aryl methyl sites for hydroxylation is 3. The lowest BCUT2D eigenvalue weighted by Gasteiger charge is -2.12. The highest BCUT2D eigenvalue weighted by Crippen LogP contribution is 2.29. The predicted octanol–water partition coefficient (Wildman–Crippen LogP) is 5.79. The number of fused-ring (bicyclic) bond motifs is 1. The topological polar surface area (TPSA) is 34.0 Å². The van der Waals surface area contributed by atoms with Crippen LogP contribution in [0.4, 0.5) is 5.69 Å². The Balaban J connectivity index is 2.08. The lowest BCUT2D eigenvalue weighted by atomic mass is 10.1. The fourth-order valence-corrected chi connectivity index (χ4v) is 3.88. The Morgan fingerprint density at radius 2 is 1.96 bits per heavy atom. The SMILES string of the molecule is CCn1c(C(=O)Nc2ccc(I)cc2C)c(C)c2cc(Cl)ccc21. The minimum Gasteiger partial charge on any atom is -0.337 e. The second-order valence-corrected chi connectivity index (χ2v) is 7.47. The molecule has 0 atom stereocenters. The highest BCUT2D eigenvalue weighted by Gasteiger charge is 2.20. The molecule has 0 unspecified atom stereocenters. The third kappa shape index (κ3) is 3.05. The van der Waals surface area contributed by atoms with Gasteiger partial charge in [0.1, 0.15) is 5.69 Å². The molecular weight excluding hydrogens is 435 g/mol. The van der Waals surface area contributed by atoms with Gasteiger partial charge in [-0.1, -0.05) is 11.6 Å². The predicted molar refractivity (Wildman–Crippen MR) is 109 cm³/mol. The molecule has 0 fully saturated rings. The van der Waals surface area contributed by atoms with Crippen LogP contribution in [-0.2, 0) is 6.54 Å². The lowest BCUT2D eigenvalue weighted by molar-refractivity contribution is 0.101. The van der Waals surface area contributed by atoms with Gasteiger partial charge in [-0.25, -0.2) is 0 Å². The molecule has 0 spiro atoms. The van der Waals surface area contributed by atoms with Crippen LogP contribution < -0.4 is 5.32 Å². The first kappa shape index (κ1) is 17.3. The molecular formula is C19H18ClIN2O. The largest absolute Gasteiger partial charge is 0.337 e. The monoisotopic (exact) mass is 452 g/mol. The summed E-state index contributed by atoms with van der Waals surface area (Å²) in [7, 11) is 0. The van der Waals surface area contributed by atoms with Crippen LogP contribution in [0.3, 0.4) is 0 Å². The van der Waals surface area contributed by atoms with Crippen molar-refractivity contribution in [3.8, 4) is 0 Å². The minimum atomic E-state index is -0.0917. The Morgan fingerprint density at radius 1 is 1.21 bits per heavy atom. The third-order valence-electron chi connectivity index (χ3n) is 4.25. The number of rotatable bonds is 3. The zero-order valence-electron chi connectivity index (χ0n) is 13.8. The van der Waals surface area contributed by atoms with Crippen molar-refractivity contribution >= 4 is 56.7 Å². The number of carbonyl (C=O) groups excluding carboxylic acids is 1. The third-order valence-corrected chi connectivity index (χ3v) is 5.15. The Morgan fingerprint density at radius 3 is 2.62 bits per heavy atom. The van der Waals surface area contributed by atoms with Crippen LogP contribution in [0.25, 0.3) is 10.9 Å². The first-order valence-electron chi connectivity index (χ1n) is 7.78. The second-order valence-electron chi connectivity index (χ2n) is 5.79. The van der Waals surface area contributed by atoms with E-state index in [9.17, 15) is 4.79 Å². The highest BCUT2D eigenvalue weighted by atomic mass is 127. The minimum absolute atomic E-state index is 0.0917. The van der Waals surface area contributed by atoms with Crippen molar-refractivity contribution in [2.24, 2.45) is 0 Å². The van der Waals surface area contributed by atoms with Crippen LogP contribution in [-0.4, -0.2) is 10.5 Å². The van der Waals surface area contributed by atoms with Gasteiger partial charge in [-0.3, -0.25) is 4.79 Å². The molecule has 124 valence electrons. The molecule has 0 aliphatic rings. The molecule has 3 nitrogen and oxygen atoms in total. The molecule has 3 aromatic rings. The quantitative estimate of drug-likeness (QED) is 0.502. The number of anilines is 1. The number of halogens is 2. The van der Waals surface area contributed by atoms with Gasteiger partial charge in [0.2, 0.25) is 0 Å². The first-order chi connectivity index (χ1) is 11.4. The standard InChI is InChI=1S/C19H18ClIN2O/c1-4-23-17-8-5-13(20)10-15(17)12(3)18(23)19(24)22-16-7-6-14(21)9-11(16)2/h5-10H,4H2,1-3H3,(H,22,24). The number of carbonyl (C=O) groups is 1. The van der Waals surface area contributed by atoms with E-state index in [1.165, 1.54) is 0 Å². The molecule has 0 saturated heterocycles. The summed E-state index contributed by atoms with van der Waals surface area (Å²) in [6, 6.07) is 11.7. The summed E-state index contributed by atoms with van der Waals surface area (Å²) >= 11 is 8.40. The molecule has 0 saturated carbocycles. The summed E-state index contributed by atoms with van der Waals surface area (Å²) in [5.41, 5.74) is 4.56. The molecule has 1 N–H and O–H groups in total. The molecule has 24 heavy (non-hydrogen) atoms. The summed E-state index contributed by atoms with van der Waals surface area (Å²) in [6.45, 7) is 6.74. The van der Waals surface area contributed by atoms with E-state index >= 15 is 0 Å². The van der Waals surface area contributed by atoms with Crippen molar-refractivity contribution in [2.75, 3.05) is 5.32 Å². The highest BCUT2D eigenvalue weighted by molar-refractivity contribution is 14.1. The molecule has 1 heterocycles. The van der Waals surface area contributed by atoms with Gasteiger partial charge in [-0.05, 0) is 90.9 Å². The number of hydrogen-bond acceptors (Lipinski definition) is 1. The van der Waals surface area contributed by atoms with Gasteiger partial charge in [-0.2, -0.15) is 0 Å². The van der Waals surface area contributed by atoms with Crippen LogP contribution in [0.5, 0.6) is 0 Å². The van der Waals surface area contributed by atoms with Crippen LogP contribution in [0.15, 0.2) is 36.4 Å². The number of aromatic nitrogens is 1. The van der Waals surface area contributed by atoms with Gasteiger partial charge in [0.25, 0.3) is 5.91 Å².